The maximum atomic E-state index is 11.9. The Morgan fingerprint density at radius 1 is 1.37 bits per heavy atom. The first-order valence-corrected chi connectivity index (χ1v) is 12.7. The Kier molecular flexibility index (Phi) is 6.36. The fourth-order valence-electron chi connectivity index (χ4n) is 3.12. The first-order chi connectivity index (χ1) is 14.0. The van der Waals surface area contributed by atoms with Crippen LogP contribution >= 0.6 is 7.82 Å². The van der Waals surface area contributed by atoms with E-state index in [1.807, 2.05) is 0 Å². The molecule has 2 N–H and O–H groups in total. The van der Waals surface area contributed by atoms with Crippen LogP contribution in [0, 0.1) is 18.3 Å². The largest absolute Gasteiger partial charge is 0.469 e. The summed E-state index contributed by atoms with van der Waals surface area (Å²) in [5.74, 6) is 0.181. The van der Waals surface area contributed by atoms with E-state index in [1.54, 1.807) is 25.1 Å². The summed E-state index contributed by atoms with van der Waals surface area (Å²) in [4.78, 5) is 18.2. The number of aryl methyl sites for hydroxylation is 1. The predicted molar refractivity (Wildman–Crippen MR) is 106 cm³/mol. The minimum Gasteiger partial charge on any atom is -0.453 e. The number of hydrogen-bond acceptors (Lipinski definition) is 7. The monoisotopic (exact) mass is 455 g/mol. The van der Waals surface area contributed by atoms with Gasteiger partial charge in [-0.3, -0.25) is 4.52 Å². The molecule has 0 aliphatic heterocycles. The Balaban J connectivity index is 2.08. The third-order valence-electron chi connectivity index (χ3n) is 4.79. The second-order valence-corrected chi connectivity index (χ2v) is 10.6. The van der Waals surface area contributed by atoms with Crippen LogP contribution in [0.25, 0.3) is 0 Å². The minimum absolute atomic E-state index is 0.0501. The van der Waals surface area contributed by atoms with Crippen LogP contribution in [-0.2, 0) is 31.4 Å². The van der Waals surface area contributed by atoms with Gasteiger partial charge in [0.25, 0.3) is 0 Å². The van der Waals surface area contributed by atoms with Gasteiger partial charge in [-0.05, 0) is 43.5 Å². The average molecular weight is 455 g/mol. The van der Waals surface area contributed by atoms with Crippen LogP contribution in [0.15, 0.2) is 18.2 Å². The predicted octanol–water partition coefficient (Wildman–Crippen LogP) is 2.73. The molecule has 30 heavy (non-hydrogen) atoms. The van der Waals surface area contributed by atoms with E-state index in [1.165, 1.54) is 0 Å². The van der Waals surface area contributed by atoms with E-state index in [0.717, 1.165) is 30.2 Å². The molecule has 1 aromatic carbocycles. The fraction of sp³-hybridized carbons (Fsp3) is 0.444. The lowest BCUT2D eigenvalue weighted by Gasteiger charge is -2.24. The molecule has 0 amide bonds. The molecule has 1 saturated carbocycles. The zero-order valence-electron chi connectivity index (χ0n) is 16.5. The number of sulfone groups is 1. The number of aromatic nitrogens is 2. The number of rotatable bonds is 8. The highest BCUT2D eigenvalue weighted by Gasteiger charge is 2.32. The lowest BCUT2D eigenvalue weighted by atomic mass is 9.82. The fourth-order valence-corrected chi connectivity index (χ4v) is 4.07. The summed E-state index contributed by atoms with van der Waals surface area (Å²) >= 11 is 0. The summed E-state index contributed by atoms with van der Waals surface area (Å²) in [6.07, 6.45) is 3.72. The van der Waals surface area contributed by atoms with Crippen molar-refractivity contribution in [3.63, 3.8) is 0 Å². The molecule has 3 rings (SSSR count). The SMILES string of the molecule is Cc1cc(Oc2c(C3CCC3)nn(CS(C)(=O)=O)c2COP(=O)(O)O)ccc1C#N. The molecule has 12 heteroatoms. The maximum Gasteiger partial charge on any atom is 0.469 e. The highest BCUT2D eigenvalue weighted by atomic mass is 32.2. The summed E-state index contributed by atoms with van der Waals surface area (Å²) in [5.41, 5.74) is 1.82. The van der Waals surface area contributed by atoms with Gasteiger partial charge in [0.1, 0.15) is 29.6 Å². The lowest BCUT2D eigenvalue weighted by Crippen LogP contribution is -2.15. The molecule has 1 aliphatic rings. The molecule has 0 atom stereocenters. The number of hydrogen-bond donors (Lipinski definition) is 2. The maximum absolute atomic E-state index is 11.9. The molecule has 1 aromatic heterocycles. The molecule has 10 nitrogen and oxygen atoms in total. The van der Waals surface area contributed by atoms with Gasteiger partial charge >= 0.3 is 7.82 Å². The summed E-state index contributed by atoms with van der Waals surface area (Å²) in [7, 11) is -8.31. The van der Waals surface area contributed by atoms with Crippen LogP contribution in [0.2, 0.25) is 0 Å². The van der Waals surface area contributed by atoms with Crippen molar-refractivity contribution in [2.24, 2.45) is 0 Å². The molecule has 1 heterocycles. The molecular weight excluding hydrogens is 433 g/mol. The number of nitrogens with zero attached hydrogens (tertiary/aromatic N) is 3. The zero-order valence-corrected chi connectivity index (χ0v) is 18.2. The third kappa shape index (κ3) is 5.47. The van der Waals surface area contributed by atoms with E-state index in [9.17, 15) is 13.0 Å². The van der Waals surface area contributed by atoms with Gasteiger partial charge in [0.2, 0.25) is 0 Å². The van der Waals surface area contributed by atoms with Crippen LogP contribution in [0.5, 0.6) is 11.5 Å². The molecular formula is C18H22N3O7PS. The van der Waals surface area contributed by atoms with Crippen molar-refractivity contribution in [2.75, 3.05) is 6.26 Å². The summed E-state index contributed by atoms with van der Waals surface area (Å²) in [5, 5.41) is 13.5. The third-order valence-corrected chi connectivity index (χ3v) is 5.97. The van der Waals surface area contributed by atoms with Gasteiger partial charge in [0, 0.05) is 12.2 Å². The highest BCUT2D eigenvalue weighted by Crippen LogP contribution is 2.45. The van der Waals surface area contributed by atoms with Crippen LogP contribution in [0.1, 0.15) is 47.7 Å². The Morgan fingerprint density at radius 2 is 2.07 bits per heavy atom. The summed E-state index contributed by atoms with van der Waals surface area (Å²) in [6.45, 7) is 1.17. The van der Waals surface area contributed by atoms with Crippen LogP contribution in [-0.4, -0.2) is 34.2 Å². The van der Waals surface area contributed by atoms with Crippen molar-refractivity contribution in [1.82, 2.24) is 9.78 Å². The van der Waals surface area contributed by atoms with Gasteiger partial charge < -0.3 is 14.5 Å². The summed E-state index contributed by atoms with van der Waals surface area (Å²) < 4.78 is 46.8. The molecule has 1 aliphatic carbocycles. The number of phosphoric acid groups is 1. The Bertz CT molecular complexity index is 1140. The van der Waals surface area contributed by atoms with Crippen molar-refractivity contribution in [1.29, 1.82) is 5.26 Å². The summed E-state index contributed by atoms with van der Waals surface area (Å²) in [6, 6.07) is 6.92. The Hall–Kier alpha value is -2.22. The minimum atomic E-state index is -4.81. The molecule has 0 unspecified atom stereocenters. The second kappa shape index (κ2) is 8.49. The average Bonchev–Trinajstić information content (AvgIpc) is 2.86. The van der Waals surface area contributed by atoms with Gasteiger partial charge in [-0.15, -0.1) is 0 Å². The molecule has 2 aromatic rings. The van der Waals surface area contributed by atoms with Gasteiger partial charge in [-0.25, -0.2) is 17.7 Å². The molecule has 0 radical (unpaired) electrons. The van der Waals surface area contributed by atoms with E-state index in [0.29, 0.717) is 22.6 Å². The molecule has 0 saturated heterocycles. The van der Waals surface area contributed by atoms with E-state index in [2.05, 4.69) is 15.7 Å². The van der Waals surface area contributed by atoms with Crippen molar-refractivity contribution in [3.8, 4) is 17.6 Å². The van der Waals surface area contributed by atoms with Crippen LogP contribution in [0.3, 0.4) is 0 Å². The quantitative estimate of drug-likeness (QED) is 0.572. The van der Waals surface area contributed by atoms with Crippen molar-refractivity contribution in [2.45, 2.75) is 44.6 Å². The van der Waals surface area contributed by atoms with Gasteiger partial charge in [0.15, 0.2) is 15.6 Å². The number of phosphoric ester groups is 1. The van der Waals surface area contributed by atoms with Crippen molar-refractivity contribution in [3.05, 3.63) is 40.7 Å². The molecule has 0 spiro atoms. The van der Waals surface area contributed by atoms with Gasteiger partial charge in [0.05, 0.1) is 11.6 Å². The van der Waals surface area contributed by atoms with Gasteiger partial charge in [-0.2, -0.15) is 10.4 Å². The lowest BCUT2D eigenvalue weighted by molar-refractivity contribution is 0.183. The van der Waals surface area contributed by atoms with E-state index in [-0.39, 0.29) is 17.4 Å². The number of ether oxygens (including phenoxy) is 1. The van der Waals surface area contributed by atoms with Crippen molar-refractivity contribution >= 4 is 17.7 Å². The standard InChI is InChI=1S/C18H22N3O7PS/c1-12-8-15(7-6-14(12)9-19)28-18-16(10-27-29(22,23)24)21(11-30(2,25)26)20-17(18)13-4-3-5-13/h6-8,13H,3-5,10-11H2,1-2H3,(H2,22,23,24). The van der Waals surface area contributed by atoms with E-state index in [4.69, 9.17) is 19.8 Å². The van der Waals surface area contributed by atoms with E-state index < -0.39 is 30.1 Å². The smallest absolute Gasteiger partial charge is 0.453 e. The molecule has 0 bridgehead atoms. The van der Waals surface area contributed by atoms with E-state index >= 15 is 0 Å². The zero-order chi connectivity index (χ0) is 22.1. The Morgan fingerprint density at radius 3 is 2.57 bits per heavy atom. The molecule has 162 valence electrons. The Labute approximate surface area is 174 Å². The van der Waals surface area contributed by atoms with Crippen LogP contribution in [0.4, 0.5) is 0 Å². The normalized spacial score (nSPS) is 14.9. The van der Waals surface area contributed by atoms with Crippen LogP contribution < -0.4 is 4.74 Å². The van der Waals surface area contributed by atoms with Gasteiger partial charge in [-0.1, -0.05) is 6.42 Å². The first kappa shape index (κ1) is 22.5. The van der Waals surface area contributed by atoms with Crippen molar-refractivity contribution < 1.29 is 32.0 Å². The number of nitriles is 1. The topological polar surface area (TPSA) is 152 Å². The second-order valence-electron chi connectivity index (χ2n) is 7.30. The highest BCUT2D eigenvalue weighted by molar-refractivity contribution is 7.89. The number of benzene rings is 1. The molecule has 1 fully saturated rings. The first-order valence-electron chi connectivity index (χ1n) is 9.13.